The van der Waals surface area contributed by atoms with Crippen molar-refractivity contribution in [3.8, 4) is 11.5 Å². The van der Waals surface area contributed by atoms with Crippen molar-refractivity contribution in [3.05, 3.63) is 72.8 Å². The van der Waals surface area contributed by atoms with Crippen LogP contribution in [0.1, 0.15) is 31.7 Å². The summed E-state index contributed by atoms with van der Waals surface area (Å²) in [5, 5.41) is 13.0. The van der Waals surface area contributed by atoms with Gasteiger partial charge >= 0.3 is 5.00 Å². The van der Waals surface area contributed by atoms with E-state index in [1.54, 1.807) is 30.5 Å². The lowest BCUT2D eigenvalue weighted by molar-refractivity contribution is -0.380. The number of fused-ring (bicyclic) bond motifs is 1. The van der Waals surface area contributed by atoms with Gasteiger partial charge in [0.05, 0.1) is 30.1 Å². The zero-order chi connectivity index (χ0) is 20.5. The number of carbonyl (C=O) groups is 1. The quantitative estimate of drug-likeness (QED) is 0.439. The highest BCUT2D eigenvalue weighted by Gasteiger charge is 2.35. The molecule has 1 unspecified atom stereocenters. The molecule has 0 spiro atoms. The molecule has 0 bridgehead atoms. The molecule has 3 aromatic rings. The summed E-state index contributed by atoms with van der Waals surface area (Å²) in [4.78, 5) is 27.0. The molecule has 0 saturated heterocycles. The first-order valence-electron chi connectivity index (χ1n) is 8.87. The Kier molecular flexibility index (Phi) is 5.25. The second kappa shape index (κ2) is 7.84. The molecule has 3 heterocycles. The summed E-state index contributed by atoms with van der Waals surface area (Å²) in [6.45, 7) is 0.510. The summed E-state index contributed by atoms with van der Waals surface area (Å²) in [6.07, 6.45) is 0.663. The van der Waals surface area contributed by atoms with Crippen molar-refractivity contribution in [1.29, 1.82) is 0 Å². The topological polar surface area (TPSA) is 81.9 Å². The highest BCUT2D eigenvalue weighted by atomic mass is 32.1. The Morgan fingerprint density at radius 2 is 1.97 bits per heavy atom. The largest absolute Gasteiger partial charge is 0.493 e. The van der Waals surface area contributed by atoms with E-state index < -0.39 is 4.92 Å². The molecule has 0 radical (unpaired) electrons. The van der Waals surface area contributed by atoms with Gasteiger partial charge in [-0.25, -0.2) is 0 Å². The van der Waals surface area contributed by atoms with Crippen LogP contribution in [0.3, 0.4) is 0 Å². The first-order valence-corrected chi connectivity index (χ1v) is 10.6. The molecule has 0 fully saturated rings. The number of rotatable bonds is 5. The number of nitrogens with zero attached hydrogens (tertiary/aromatic N) is 2. The highest BCUT2D eigenvalue weighted by molar-refractivity contribution is 7.17. The normalized spacial score (nSPS) is 15.7. The van der Waals surface area contributed by atoms with Crippen molar-refractivity contribution in [2.75, 3.05) is 20.8 Å². The third-order valence-electron chi connectivity index (χ3n) is 4.93. The molecule has 1 amide bonds. The van der Waals surface area contributed by atoms with Gasteiger partial charge in [-0.1, -0.05) is 17.4 Å². The van der Waals surface area contributed by atoms with Crippen molar-refractivity contribution in [1.82, 2.24) is 4.90 Å². The molecule has 0 N–H and O–H groups in total. The van der Waals surface area contributed by atoms with E-state index in [4.69, 9.17) is 9.47 Å². The molecule has 0 aliphatic carbocycles. The van der Waals surface area contributed by atoms with Crippen LogP contribution in [0, 0.1) is 10.1 Å². The van der Waals surface area contributed by atoms with E-state index in [2.05, 4.69) is 0 Å². The van der Waals surface area contributed by atoms with Gasteiger partial charge in [0.15, 0.2) is 11.5 Å². The Bertz CT molecular complexity index is 1060. The van der Waals surface area contributed by atoms with Crippen LogP contribution in [0.25, 0.3) is 0 Å². The summed E-state index contributed by atoms with van der Waals surface area (Å²) in [5.74, 6) is 1.06. The SMILES string of the molecule is COc1cc2c(cc1OC)C(c1cccs1)N(C(=O)c1ccc([N+](=O)[O-])s1)CC2. The number of thiophene rings is 2. The maximum atomic E-state index is 13.3. The van der Waals surface area contributed by atoms with Crippen LogP contribution in [-0.4, -0.2) is 36.5 Å². The minimum Gasteiger partial charge on any atom is -0.493 e. The highest BCUT2D eigenvalue weighted by Crippen LogP contribution is 2.43. The molecule has 2 aromatic heterocycles. The number of nitro groups is 1. The van der Waals surface area contributed by atoms with Crippen molar-refractivity contribution in [2.24, 2.45) is 0 Å². The van der Waals surface area contributed by atoms with E-state index in [9.17, 15) is 14.9 Å². The number of carbonyl (C=O) groups excluding carboxylic acids is 1. The van der Waals surface area contributed by atoms with E-state index in [0.29, 0.717) is 29.3 Å². The first kappa shape index (κ1) is 19.4. The number of amides is 1. The Hall–Kier alpha value is -2.91. The maximum absolute atomic E-state index is 13.3. The van der Waals surface area contributed by atoms with Gasteiger partial charge in [-0.2, -0.15) is 0 Å². The van der Waals surface area contributed by atoms with Gasteiger partial charge in [0.1, 0.15) is 0 Å². The summed E-state index contributed by atoms with van der Waals surface area (Å²) < 4.78 is 10.9. The molecule has 1 aliphatic heterocycles. The van der Waals surface area contributed by atoms with Gasteiger partial charge in [0.2, 0.25) is 0 Å². The second-order valence-corrected chi connectivity index (χ2v) is 8.51. The van der Waals surface area contributed by atoms with Gasteiger partial charge < -0.3 is 14.4 Å². The summed E-state index contributed by atoms with van der Waals surface area (Å²) in [7, 11) is 3.18. The van der Waals surface area contributed by atoms with Crippen molar-refractivity contribution < 1.29 is 19.2 Å². The van der Waals surface area contributed by atoms with Crippen LogP contribution in [-0.2, 0) is 6.42 Å². The fourth-order valence-electron chi connectivity index (χ4n) is 3.60. The van der Waals surface area contributed by atoms with E-state index >= 15 is 0 Å². The van der Waals surface area contributed by atoms with E-state index in [-0.39, 0.29) is 17.0 Å². The minimum atomic E-state index is -0.471. The van der Waals surface area contributed by atoms with Gasteiger partial charge in [-0.15, -0.1) is 11.3 Å². The molecular weight excluding hydrogens is 412 g/mol. The van der Waals surface area contributed by atoms with E-state index in [0.717, 1.165) is 27.3 Å². The summed E-state index contributed by atoms with van der Waals surface area (Å²) in [6, 6.07) is 10.5. The number of hydrogen-bond acceptors (Lipinski definition) is 7. The van der Waals surface area contributed by atoms with Crippen molar-refractivity contribution in [3.63, 3.8) is 0 Å². The molecule has 29 heavy (non-hydrogen) atoms. The molecule has 7 nitrogen and oxygen atoms in total. The number of benzene rings is 1. The molecule has 1 aromatic carbocycles. The number of ether oxygens (including phenoxy) is 2. The number of methoxy groups -OCH3 is 2. The van der Waals surface area contributed by atoms with Crippen molar-refractivity contribution >= 4 is 33.6 Å². The lowest BCUT2D eigenvalue weighted by Crippen LogP contribution is -2.40. The second-order valence-electron chi connectivity index (χ2n) is 6.47. The Morgan fingerprint density at radius 3 is 2.59 bits per heavy atom. The molecule has 150 valence electrons. The molecule has 1 atom stereocenters. The Balaban J connectivity index is 1.79. The van der Waals surface area contributed by atoms with Crippen LogP contribution < -0.4 is 9.47 Å². The van der Waals surface area contributed by atoms with E-state index in [1.807, 2.05) is 29.6 Å². The van der Waals surface area contributed by atoms with Gasteiger partial charge in [0, 0.05) is 17.5 Å². The lowest BCUT2D eigenvalue weighted by Gasteiger charge is -2.37. The standard InChI is InChI=1S/C20H18N2O5S2/c1-26-14-10-12-7-8-21(20(23)17-5-6-18(29-17)22(24)25)19(16-4-3-9-28-16)13(12)11-15(14)27-2/h3-6,9-11,19H,7-8H2,1-2H3. The molecule has 0 saturated carbocycles. The lowest BCUT2D eigenvalue weighted by atomic mass is 9.90. The van der Waals surface area contributed by atoms with Crippen LogP contribution in [0.15, 0.2) is 41.8 Å². The van der Waals surface area contributed by atoms with E-state index in [1.165, 1.54) is 12.1 Å². The maximum Gasteiger partial charge on any atom is 0.324 e. The van der Waals surface area contributed by atoms with Crippen LogP contribution in [0.2, 0.25) is 0 Å². The van der Waals surface area contributed by atoms with Gasteiger partial charge in [0.25, 0.3) is 5.91 Å². The third-order valence-corrected chi connectivity index (χ3v) is 6.88. The zero-order valence-corrected chi connectivity index (χ0v) is 17.4. The van der Waals surface area contributed by atoms with Gasteiger partial charge in [-0.3, -0.25) is 14.9 Å². The predicted molar refractivity (Wildman–Crippen MR) is 111 cm³/mol. The van der Waals surface area contributed by atoms with Crippen LogP contribution >= 0.6 is 22.7 Å². The first-order chi connectivity index (χ1) is 14.0. The molecule has 1 aliphatic rings. The predicted octanol–water partition coefficient (Wildman–Crippen LogP) is 4.52. The molecular formula is C20H18N2O5S2. The summed E-state index contributed by atoms with van der Waals surface area (Å²) in [5.41, 5.74) is 2.08. The fourth-order valence-corrected chi connectivity index (χ4v) is 5.23. The average molecular weight is 431 g/mol. The third kappa shape index (κ3) is 3.47. The number of hydrogen-bond donors (Lipinski definition) is 0. The monoisotopic (exact) mass is 430 g/mol. The minimum absolute atomic E-state index is 0.0372. The Morgan fingerprint density at radius 1 is 1.21 bits per heavy atom. The fraction of sp³-hybridized carbons (Fsp3) is 0.250. The van der Waals surface area contributed by atoms with Crippen LogP contribution in [0.4, 0.5) is 5.00 Å². The van der Waals surface area contributed by atoms with Crippen molar-refractivity contribution in [2.45, 2.75) is 12.5 Å². The van der Waals surface area contributed by atoms with Crippen LogP contribution in [0.5, 0.6) is 11.5 Å². The average Bonchev–Trinajstić information content (AvgIpc) is 3.43. The summed E-state index contributed by atoms with van der Waals surface area (Å²) >= 11 is 2.48. The Labute approximate surface area is 175 Å². The zero-order valence-electron chi connectivity index (χ0n) is 15.8. The van der Waals surface area contributed by atoms with Gasteiger partial charge in [-0.05, 0) is 47.2 Å². The smallest absolute Gasteiger partial charge is 0.324 e. The molecule has 9 heteroatoms. The molecule has 4 rings (SSSR count).